The van der Waals surface area contributed by atoms with Gasteiger partial charge in [-0.25, -0.2) is 19.3 Å². The lowest BCUT2D eigenvalue weighted by Gasteiger charge is -2.27. The van der Waals surface area contributed by atoms with Crippen LogP contribution in [-0.4, -0.2) is 65.0 Å². The normalized spacial score (nSPS) is 17.6. The molecule has 222 valence electrons. The van der Waals surface area contributed by atoms with E-state index in [4.69, 9.17) is 19.3 Å². The molecule has 11 heteroatoms. The number of aromatic nitrogens is 3. The van der Waals surface area contributed by atoms with Gasteiger partial charge in [-0.2, -0.15) is 5.10 Å². The van der Waals surface area contributed by atoms with Gasteiger partial charge in [0.15, 0.2) is 0 Å². The van der Waals surface area contributed by atoms with Crippen molar-refractivity contribution in [3.63, 3.8) is 0 Å². The number of pyridine rings is 1. The third-order valence-electron chi connectivity index (χ3n) is 6.30. The Morgan fingerprint density at radius 3 is 2.45 bits per heavy atom. The van der Waals surface area contributed by atoms with E-state index in [9.17, 15) is 9.59 Å². The molecule has 1 fully saturated rings. The maximum absolute atomic E-state index is 12.8. The van der Waals surface area contributed by atoms with E-state index in [0.29, 0.717) is 24.7 Å². The van der Waals surface area contributed by atoms with Crippen molar-refractivity contribution >= 4 is 29.5 Å². The van der Waals surface area contributed by atoms with E-state index >= 15 is 0 Å². The highest BCUT2D eigenvalue weighted by atomic mass is 16.6. The molecule has 2 atom stereocenters. The van der Waals surface area contributed by atoms with E-state index in [-0.39, 0.29) is 29.7 Å². The fourth-order valence-electron chi connectivity index (χ4n) is 4.51. The molecule has 2 unspecified atom stereocenters. The number of anilines is 3. The van der Waals surface area contributed by atoms with Crippen LogP contribution in [0.2, 0.25) is 0 Å². The number of methoxy groups -OCH3 is 1. The topological polar surface area (TPSA) is 120 Å². The lowest BCUT2D eigenvalue weighted by atomic mass is 10.0. The zero-order chi connectivity index (χ0) is 29.7. The fourth-order valence-corrected chi connectivity index (χ4v) is 4.51. The van der Waals surface area contributed by atoms with Crippen molar-refractivity contribution in [2.24, 2.45) is 0 Å². The summed E-state index contributed by atoms with van der Waals surface area (Å²) in [6.07, 6.45) is 3.13. The molecule has 1 aliphatic rings. The first kappa shape index (κ1) is 31.2. The summed E-state index contributed by atoms with van der Waals surface area (Å²) in [5.41, 5.74) is 0.673. The minimum atomic E-state index is -0.619. The highest BCUT2D eigenvalue weighted by molar-refractivity contribution is 5.87. The Morgan fingerprint density at radius 1 is 1.15 bits per heavy atom. The summed E-state index contributed by atoms with van der Waals surface area (Å²) in [7, 11) is 1.59. The quantitative estimate of drug-likeness (QED) is 0.388. The lowest BCUT2D eigenvalue weighted by molar-refractivity contribution is 0.0569. The average molecular weight is 559 g/mol. The van der Waals surface area contributed by atoms with Crippen molar-refractivity contribution in [2.45, 2.75) is 104 Å². The van der Waals surface area contributed by atoms with Gasteiger partial charge in [0, 0.05) is 25.1 Å². The van der Waals surface area contributed by atoms with E-state index in [0.717, 1.165) is 30.8 Å². The number of amides is 2. The van der Waals surface area contributed by atoms with E-state index in [1.54, 1.807) is 13.3 Å². The molecule has 11 nitrogen and oxygen atoms in total. The van der Waals surface area contributed by atoms with Gasteiger partial charge in [-0.15, -0.1) is 0 Å². The molecule has 0 bridgehead atoms. The van der Waals surface area contributed by atoms with Crippen LogP contribution in [-0.2, 0) is 19.7 Å². The molecule has 2 heterocycles. The fraction of sp³-hybridized carbons (Fsp3) is 0.655. The number of ether oxygens (including phenoxy) is 3. The van der Waals surface area contributed by atoms with Crippen molar-refractivity contribution in [1.29, 1.82) is 0 Å². The molecule has 0 spiro atoms. The first-order valence-corrected chi connectivity index (χ1v) is 14.0. The van der Waals surface area contributed by atoms with Gasteiger partial charge >= 0.3 is 12.2 Å². The van der Waals surface area contributed by atoms with E-state index in [2.05, 4.69) is 36.4 Å². The van der Waals surface area contributed by atoms with Gasteiger partial charge in [-0.3, -0.25) is 4.90 Å². The van der Waals surface area contributed by atoms with E-state index in [1.165, 1.54) is 4.90 Å². The average Bonchev–Trinajstić information content (AvgIpc) is 3.45. The summed E-state index contributed by atoms with van der Waals surface area (Å²) in [4.78, 5) is 31.0. The van der Waals surface area contributed by atoms with Gasteiger partial charge in [0.25, 0.3) is 0 Å². The molecule has 1 saturated carbocycles. The predicted octanol–water partition coefficient (Wildman–Crippen LogP) is 5.94. The van der Waals surface area contributed by atoms with Gasteiger partial charge in [0.05, 0.1) is 36.3 Å². The highest BCUT2D eigenvalue weighted by Crippen LogP contribution is 2.38. The molecule has 2 amide bonds. The SMILES string of the molecule is COCCN(C(=O)OC(C)(C)C)c1ccc(Nc2cc(C3CCC(OC(=O)NC(C)C)C3)nn2C(C)(C)C)nc1. The van der Waals surface area contributed by atoms with Crippen molar-refractivity contribution in [3.8, 4) is 0 Å². The van der Waals surface area contributed by atoms with Gasteiger partial charge in [0.1, 0.15) is 23.3 Å². The lowest BCUT2D eigenvalue weighted by Crippen LogP contribution is -2.38. The van der Waals surface area contributed by atoms with Crippen LogP contribution in [0.4, 0.5) is 26.9 Å². The number of nitrogens with one attached hydrogen (secondary N) is 2. The molecule has 0 aliphatic heterocycles. The van der Waals surface area contributed by atoms with Crippen molar-refractivity contribution in [3.05, 3.63) is 30.1 Å². The molecule has 2 N–H and O–H groups in total. The summed E-state index contributed by atoms with van der Waals surface area (Å²) in [5.74, 6) is 1.63. The summed E-state index contributed by atoms with van der Waals surface area (Å²) >= 11 is 0. The van der Waals surface area contributed by atoms with Crippen molar-refractivity contribution in [2.75, 3.05) is 30.5 Å². The number of carbonyl (C=O) groups is 2. The predicted molar refractivity (Wildman–Crippen MR) is 155 cm³/mol. The minimum absolute atomic E-state index is 0.0363. The molecule has 0 radical (unpaired) electrons. The van der Waals surface area contributed by atoms with Crippen LogP contribution in [0.15, 0.2) is 24.4 Å². The number of rotatable bonds is 9. The smallest absolute Gasteiger partial charge is 0.414 e. The zero-order valence-corrected chi connectivity index (χ0v) is 25.4. The summed E-state index contributed by atoms with van der Waals surface area (Å²) in [6, 6.07) is 5.74. The standard InChI is InChI=1S/C29H46N6O5/c1-19(2)31-26(36)39-22-12-10-20(16-22)23-17-25(35(33-23)28(3,4)5)32-24-13-11-21(18-30-24)34(14-15-38-9)27(37)40-29(6,7)8/h11,13,17-20,22H,10,12,14-16H2,1-9H3,(H,30,32)(H,31,36). The zero-order valence-electron chi connectivity index (χ0n) is 25.4. The van der Waals surface area contributed by atoms with Crippen molar-refractivity contribution < 1.29 is 23.8 Å². The molecule has 40 heavy (non-hydrogen) atoms. The Kier molecular flexibility index (Phi) is 10.0. The molecule has 3 rings (SSSR count). The second-order valence-electron chi connectivity index (χ2n) is 12.5. The maximum Gasteiger partial charge on any atom is 0.414 e. The van der Waals surface area contributed by atoms with Crippen LogP contribution in [0.1, 0.15) is 86.3 Å². The Balaban J connectivity index is 1.76. The maximum atomic E-state index is 12.8. The summed E-state index contributed by atoms with van der Waals surface area (Å²) in [6.45, 7) is 16.3. The molecule has 2 aromatic heterocycles. The number of hydrogen-bond donors (Lipinski definition) is 2. The van der Waals surface area contributed by atoms with Gasteiger partial charge < -0.3 is 24.8 Å². The first-order valence-electron chi connectivity index (χ1n) is 14.0. The van der Waals surface area contributed by atoms with E-state index < -0.39 is 11.7 Å². The third kappa shape index (κ3) is 8.84. The first-order chi connectivity index (χ1) is 18.7. The second kappa shape index (κ2) is 12.9. The highest BCUT2D eigenvalue weighted by Gasteiger charge is 2.32. The number of alkyl carbamates (subject to hydrolysis) is 1. The Morgan fingerprint density at radius 2 is 1.88 bits per heavy atom. The van der Waals surface area contributed by atoms with Crippen LogP contribution in [0.25, 0.3) is 0 Å². The monoisotopic (exact) mass is 558 g/mol. The summed E-state index contributed by atoms with van der Waals surface area (Å²) in [5, 5.41) is 11.1. The molecule has 2 aromatic rings. The van der Waals surface area contributed by atoms with Gasteiger partial charge in [-0.05, 0) is 86.8 Å². The van der Waals surface area contributed by atoms with Crippen LogP contribution in [0.5, 0.6) is 0 Å². The molecule has 1 aliphatic carbocycles. The van der Waals surface area contributed by atoms with Gasteiger partial charge in [0.2, 0.25) is 0 Å². The Labute approximate surface area is 237 Å². The van der Waals surface area contributed by atoms with Crippen LogP contribution >= 0.6 is 0 Å². The van der Waals surface area contributed by atoms with Crippen LogP contribution < -0.4 is 15.5 Å². The molecule has 0 aromatic carbocycles. The second-order valence-corrected chi connectivity index (χ2v) is 12.5. The Hall–Kier alpha value is -3.34. The molecular weight excluding hydrogens is 512 g/mol. The van der Waals surface area contributed by atoms with E-state index in [1.807, 2.05) is 57.5 Å². The largest absolute Gasteiger partial charge is 0.446 e. The van der Waals surface area contributed by atoms with Crippen molar-refractivity contribution in [1.82, 2.24) is 20.1 Å². The van der Waals surface area contributed by atoms with Crippen LogP contribution in [0.3, 0.4) is 0 Å². The third-order valence-corrected chi connectivity index (χ3v) is 6.30. The van der Waals surface area contributed by atoms with Crippen LogP contribution in [0, 0.1) is 0 Å². The number of nitrogens with zero attached hydrogens (tertiary/aromatic N) is 4. The molecule has 0 saturated heterocycles. The van der Waals surface area contributed by atoms with Gasteiger partial charge in [-0.1, -0.05) is 0 Å². The number of hydrogen-bond acceptors (Lipinski definition) is 8. The number of carbonyl (C=O) groups excluding carboxylic acids is 2. The Bertz CT molecular complexity index is 1130. The minimum Gasteiger partial charge on any atom is -0.446 e. The summed E-state index contributed by atoms with van der Waals surface area (Å²) < 4.78 is 18.3. The molecular formula is C29H46N6O5.